The van der Waals surface area contributed by atoms with Crippen molar-refractivity contribution in [2.24, 2.45) is 0 Å². The van der Waals surface area contributed by atoms with E-state index in [0.29, 0.717) is 0 Å². The average molecular weight is 238 g/mol. The normalized spacial score (nSPS) is 8.00. The van der Waals surface area contributed by atoms with Crippen LogP contribution in [0.25, 0.3) is 0 Å². The lowest BCUT2D eigenvalue weighted by Gasteiger charge is -1.98. The van der Waals surface area contributed by atoms with Crippen LogP contribution >= 0.6 is 0 Å². The Bertz CT molecular complexity index is 601. The number of nitriles is 2. The number of aliphatic hydroxyl groups excluding tert-OH is 2. The molecule has 0 atom stereocenters. The number of aliphatic hydroxyl groups is 2. The first-order valence-corrected chi connectivity index (χ1v) is 4.68. The van der Waals surface area contributed by atoms with Crippen LogP contribution in [0.5, 0.6) is 0 Å². The highest BCUT2D eigenvalue weighted by Crippen LogP contribution is 2.06. The van der Waals surface area contributed by atoms with E-state index in [1.165, 1.54) is 0 Å². The summed E-state index contributed by atoms with van der Waals surface area (Å²) in [6.07, 6.45) is 0. The van der Waals surface area contributed by atoms with Crippen molar-refractivity contribution in [3.63, 3.8) is 0 Å². The molecule has 0 spiro atoms. The second kappa shape index (κ2) is 6.63. The van der Waals surface area contributed by atoms with Crippen LogP contribution in [0, 0.1) is 46.3 Å². The van der Waals surface area contributed by atoms with Gasteiger partial charge in [0.2, 0.25) is 0 Å². The summed E-state index contributed by atoms with van der Waals surface area (Å²) in [5.41, 5.74) is -0.148. The molecular formula is C12H6N4O2. The van der Waals surface area contributed by atoms with Gasteiger partial charge in [0.25, 0.3) is 0 Å². The van der Waals surface area contributed by atoms with Gasteiger partial charge in [0.1, 0.15) is 36.7 Å². The van der Waals surface area contributed by atoms with Crippen molar-refractivity contribution >= 4 is 0 Å². The van der Waals surface area contributed by atoms with E-state index in [0.717, 1.165) is 0 Å². The maximum absolute atomic E-state index is 8.79. The van der Waals surface area contributed by atoms with Crippen molar-refractivity contribution < 1.29 is 10.2 Å². The van der Waals surface area contributed by atoms with E-state index in [9.17, 15) is 0 Å². The third kappa shape index (κ3) is 3.04. The van der Waals surface area contributed by atoms with Crippen molar-refractivity contribution in [2.75, 3.05) is 13.2 Å². The molecule has 2 N–H and O–H groups in total. The minimum absolute atomic E-state index is 0.0838. The lowest BCUT2D eigenvalue weighted by Crippen LogP contribution is -2.02. The van der Waals surface area contributed by atoms with Crippen molar-refractivity contribution in [1.29, 1.82) is 10.5 Å². The van der Waals surface area contributed by atoms with Crippen LogP contribution in [0.2, 0.25) is 0 Å². The Morgan fingerprint density at radius 2 is 1.17 bits per heavy atom. The fourth-order valence-electron chi connectivity index (χ4n) is 1.01. The maximum Gasteiger partial charge on any atom is 0.178 e. The molecule has 0 aliphatic rings. The fourth-order valence-corrected chi connectivity index (χ4v) is 1.01. The Balaban J connectivity index is 3.47. The zero-order chi connectivity index (χ0) is 13.4. The van der Waals surface area contributed by atoms with Crippen LogP contribution < -0.4 is 0 Å². The number of hydrogen-bond acceptors (Lipinski definition) is 6. The lowest BCUT2D eigenvalue weighted by atomic mass is 10.2. The third-order valence-electron chi connectivity index (χ3n) is 1.68. The van der Waals surface area contributed by atoms with Gasteiger partial charge in [0, 0.05) is 0 Å². The average Bonchev–Trinajstić information content (AvgIpc) is 2.42. The third-order valence-corrected chi connectivity index (χ3v) is 1.68. The summed E-state index contributed by atoms with van der Waals surface area (Å²) in [6, 6.07) is 3.45. The summed E-state index contributed by atoms with van der Waals surface area (Å²) in [7, 11) is 0. The van der Waals surface area contributed by atoms with Gasteiger partial charge in [-0.15, -0.1) is 0 Å². The molecule has 86 valence electrons. The van der Waals surface area contributed by atoms with Crippen molar-refractivity contribution in [2.45, 2.75) is 0 Å². The second-order valence-corrected chi connectivity index (χ2v) is 2.76. The Labute approximate surface area is 103 Å². The molecule has 0 saturated heterocycles. The molecule has 0 aliphatic carbocycles. The first-order valence-electron chi connectivity index (χ1n) is 4.68. The summed E-state index contributed by atoms with van der Waals surface area (Å²) in [6.45, 7) is -0.757. The van der Waals surface area contributed by atoms with Crippen molar-refractivity contribution in [1.82, 2.24) is 9.97 Å². The van der Waals surface area contributed by atoms with E-state index >= 15 is 0 Å². The molecule has 18 heavy (non-hydrogen) atoms. The largest absolute Gasteiger partial charge is 0.384 e. The summed E-state index contributed by atoms with van der Waals surface area (Å²) < 4.78 is 0. The topological polar surface area (TPSA) is 114 Å². The van der Waals surface area contributed by atoms with Gasteiger partial charge >= 0.3 is 0 Å². The predicted molar refractivity (Wildman–Crippen MR) is 59.4 cm³/mol. The molecule has 0 aliphatic heterocycles. The predicted octanol–water partition coefficient (Wildman–Crippen LogP) is -1.09. The van der Waals surface area contributed by atoms with Gasteiger partial charge in [-0.3, -0.25) is 0 Å². The van der Waals surface area contributed by atoms with E-state index in [4.69, 9.17) is 20.7 Å². The number of nitrogens with zero attached hydrogens (tertiary/aromatic N) is 4. The van der Waals surface area contributed by atoms with Crippen LogP contribution in [-0.2, 0) is 0 Å². The summed E-state index contributed by atoms with van der Waals surface area (Å²) in [4.78, 5) is 7.67. The van der Waals surface area contributed by atoms with E-state index < -0.39 is 0 Å². The zero-order valence-corrected chi connectivity index (χ0v) is 9.10. The standard InChI is InChI=1S/C12H6N4O2/c13-7-11-12(8-14)16-10(4-2-6-18)9(15-11)3-1-5-17/h17-18H,5-6H2. The van der Waals surface area contributed by atoms with Crippen LogP contribution in [-0.4, -0.2) is 33.4 Å². The molecule has 0 saturated carbocycles. The van der Waals surface area contributed by atoms with E-state index in [-0.39, 0.29) is 36.0 Å². The summed E-state index contributed by atoms with van der Waals surface area (Å²) in [5.74, 6) is 9.66. The zero-order valence-electron chi connectivity index (χ0n) is 9.10. The lowest BCUT2D eigenvalue weighted by molar-refractivity contribution is 0.350. The molecule has 0 radical (unpaired) electrons. The molecular weight excluding hydrogens is 232 g/mol. The van der Waals surface area contributed by atoms with E-state index in [1.807, 2.05) is 0 Å². The minimum Gasteiger partial charge on any atom is -0.384 e. The number of aromatic nitrogens is 2. The summed E-state index contributed by atoms with van der Waals surface area (Å²) >= 11 is 0. The minimum atomic E-state index is -0.379. The SMILES string of the molecule is N#Cc1nc(C#CCO)c(C#CCO)nc1C#N. The smallest absolute Gasteiger partial charge is 0.178 e. The Hall–Kier alpha value is -2.90. The van der Waals surface area contributed by atoms with E-state index in [2.05, 4.69) is 33.6 Å². The van der Waals surface area contributed by atoms with E-state index in [1.54, 1.807) is 12.1 Å². The molecule has 1 aromatic heterocycles. The molecule has 1 aromatic rings. The van der Waals surface area contributed by atoms with Gasteiger partial charge in [0.05, 0.1) is 0 Å². The Morgan fingerprint density at radius 1 is 0.778 bits per heavy atom. The first-order chi connectivity index (χ1) is 8.76. The van der Waals surface area contributed by atoms with Crippen LogP contribution in [0.15, 0.2) is 0 Å². The Kier molecular flexibility index (Phi) is 4.85. The van der Waals surface area contributed by atoms with Gasteiger partial charge in [0.15, 0.2) is 11.4 Å². The molecule has 0 unspecified atom stereocenters. The number of rotatable bonds is 0. The molecule has 6 heteroatoms. The van der Waals surface area contributed by atoms with Crippen LogP contribution in [0.1, 0.15) is 22.8 Å². The molecule has 0 amide bonds. The molecule has 1 heterocycles. The molecule has 0 aromatic carbocycles. The monoisotopic (exact) mass is 238 g/mol. The summed E-state index contributed by atoms with van der Waals surface area (Å²) in [5, 5.41) is 34.8. The van der Waals surface area contributed by atoms with Crippen molar-refractivity contribution in [3.05, 3.63) is 22.8 Å². The van der Waals surface area contributed by atoms with Gasteiger partial charge in [-0.1, -0.05) is 11.8 Å². The van der Waals surface area contributed by atoms with Gasteiger partial charge in [-0.05, 0) is 11.8 Å². The van der Waals surface area contributed by atoms with Gasteiger partial charge in [-0.25, -0.2) is 9.97 Å². The quantitative estimate of drug-likeness (QED) is 0.555. The van der Waals surface area contributed by atoms with Crippen LogP contribution in [0.4, 0.5) is 0 Å². The molecule has 6 nitrogen and oxygen atoms in total. The van der Waals surface area contributed by atoms with Crippen molar-refractivity contribution in [3.8, 4) is 35.8 Å². The Morgan fingerprint density at radius 3 is 1.44 bits per heavy atom. The fraction of sp³-hybridized carbons (Fsp3) is 0.167. The first kappa shape index (κ1) is 13.2. The van der Waals surface area contributed by atoms with Crippen LogP contribution in [0.3, 0.4) is 0 Å². The molecule has 0 fully saturated rings. The number of hydrogen-bond donors (Lipinski definition) is 2. The highest BCUT2D eigenvalue weighted by atomic mass is 16.3. The highest BCUT2D eigenvalue weighted by Gasteiger charge is 2.10. The highest BCUT2D eigenvalue weighted by molar-refractivity contribution is 5.47. The maximum atomic E-state index is 8.79. The second-order valence-electron chi connectivity index (χ2n) is 2.76. The van der Waals surface area contributed by atoms with Gasteiger partial charge in [-0.2, -0.15) is 10.5 Å². The van der Waals surface area contributed by atoms with Gasteiger partial charge < -0.3 is 10.2 Å². The molecule has 0 bridgehead atoms. The molecule has 1 rings (SSSR count).